The van der Waals surface area contributed by atoms with Crippen LogP contribution in [-0.2, 0) is 11.2 Å². The number of amides is 1. The van der Waals surface area contributed by atoms with Crippen LogP contribution in [-0.4, -0.2) is 50.8 Å². The van der Waals surface area contributed by atoms with E-state index in [1.54, 1.807) is 37.6 Å². The number of aromatic nitrogens is 4. The van der Waals surface area contributed by atoms with Crippen LogP contribution in [0.5, 0.6) is 5.75 Å². The Labute approximate surface area is 168 Å². The van der Waals surface area contributed by atoms with Crippen LogP contribution in [0.15, 0.2) is 53.5 Å². The average molecular weight is 393 g/mol. The maximum Gasteiger partial charge on any atom is 0.348 e. The van der Waals surface area contributed by atoms with Crippen LogP contribution in [0.2, 0.25) is 0 Å². The number of hydrogen-bond acceptors (Lipinski definition) is 5. The summed E-state index contributed by atoms with van der Waals surface area (Å²) < 4.78 is 6.52. The highest BCUT2D eigenvalue weighted by Gasteiger charge is 2.26. The van der Waals surface area contributed by atoms with Crippen molar-refractivity contribution in [3.8, 4) is 11.4 Å². The molecule has 8 heteroatoms. The van der Waals surface area contributed by atoms with E-state index in [0.717, 1.165) is 24.3 Å². The van der Waals surface area contributed by atoms with E-state index in [-0.39, 0.29) is 17.5 Å². The summed E-state index contributed by atoms with van der Waals surface area (Å²) in [6, 6.07) is 12.8. The van der Waals surface area contributed by atoms with Gasteiger partial charge in [-0.1, -0.05) is 6.07 Å². The highest BCUT2D eigenvalue weighted by molar-refractivity contribution is 5.78. The number of methoxy groups -OCH3 is 1. The number of nitrogens with zero attached hydrogens (tertiary/aromatic N) is 4. The smallest absolute Gasteiger partial charge is 0.348 e. The van der Waals surface area contributed by atoms with Crippen molar-refractivity contribution < 1.29 is 9.53 Å². The third-order valence-corrected chi connectivity index (χ3v) is 5.24. The largest absolute Gasteiger partial charge is 0.497 e. The van der Waals surface area contributed by atoms with Crippen LogP contribution >= 0.6 is 0 Å². The lowest BCUT2D eigenvalue weighted by molar-refractivity contribution is -0.131. The molecule has 1 aliphatic rings. The van der Waals surface area contributed by atoms with Crippen LogP contribution in [0.4, 0.5) is 0 Å². The average Bonchev–Trinajstić information content (AvgIpc) is 3.16. The first-order valence-electron chi connectivity index (χ1n) is 9.65. The zero-order valence-electron chi connectivity index (χ0n) is 16.2. The minimum absolute atomic E-state index is 0.0828. The van der Waals surface area contributed by atoms with Crippen LogP contribution in [0.3, 0.4) is 0 Å². The molecule has 1 aliphatic heterocycles. The van der Waals surface area contributed by atoms with Crippen LogP contribution in [0.1, 0.15) is 30.3 Å². The first-order valence-corrected chi connectivity index (χ1v) is 9.65. The molecule has 0 spiro atoms. The number of H-pyrrole nitrogens is 1. The van der Waals surface area contributed by atoms with Gasteiger partial charge in [-0.05, 0) is 49.2 Å². The number of nitrogens with one attached hydrogen (secondary N) is 1. The van der Waals surface area contributed by atoms with Crippen LogP contribution in [0.25, 0.3) is 5.69 Å². The Morgan fingerprint density at radius 2 is 1.93 bits per heavy atom. The SMILES string of the molecule is COc1ccc(-n2nc(C3CCN(C(=O)Cc4ccccn4)CC3)[nH]c2=O)cc1. The number of piperidine rings is 1. The lowest BCUT2D eigenvalue weighted by Crippen LogP contribution is -2.39. The molecule has 4 rings (SSSR count). The minimum atomic E-state index is -0.265. The first-order chi connectivity index (χ1) is 14.1. The Morgan fingerprint density at radius 1 is 1.17 bits per heavy atom. The van der Waals surface area contributed by atoms with Crippen molar-refractivity contribution in [2.45, 2.75) is 25.2 Å². The summed E-state index contributed by atoms with van der Waals surface area (Å²) >= 11 is 0. The number of benzene rings is 1. The van der Waals surface area contributed by atoms with E-state index < -0.39 is 0 Å². The number of rotatable bonds is 5. The third kappa shape index (κ3) is 4.21. The summed E-state index contributed by atoms with van der Waals surface area (Å²) in [5, 5.41) is 4.49. The Kier molecular flexibility index (Phi) is 5.41. The number of pyridine rings is 1. The molecule has 3 aromatic rings. The van der Waals surface area contributed by atoms with Crippen LogP contribution in [0, 0.1) is 0 Å². The highest BCUT2D eigenvalue weighted by Crippen LogP contribution is 2.25. The van der Waals surface area contributed by atoms with Gasteiger partial charge < -0.3 is 9.64 Å². The number of ether oxygens (including phenoxy) is 1. The fourth-order valence-electron chi connectivity index (χ4n) is 3.59. The van der Waals surface area contributed by atoms with E-state index in [9.17, 15) is 9.59 Å². The van der Waals surface area contributed by atoms with Crippen molar-refractivity contribution in [2.75, 3.05) is 20.2 Å². The molecule has 3 heterocycles. The van der Waals surface area contributed by atoms with Crippen molar-refractivity contribution in [3.05, 3.63) is 70.7 Å². The molecule has 150 valence electrons. The molecule has 1 aromatic carbocycles. The Hall–Kier alpha value is -3.42. The van der Waals surface area contributed by atoms with Gasteiger partial charge in [0, 0.05) is 30.9 Å². The van der Waals surface area contributed by atoms with E-state index >= 15 is 0 Å². The Bertz CT molecular complexity index is 1020. The number of aromatic amines is 1. The Morgan fingerprint density at radius 3 is 2.59 bits per heavy atom. The molecule has 29 heavy (non-hydrogen) atoms. The van der Waals surface area contributed by atoms with Gasteiger partial charge in [0.2, 0.25) is 5.91 Å². The summed E-state index contributed by atoms with van der Waals surface area (Å²) in [6.07, 6.45) is 3.55. The topological polar surface area (TPSA) is 93.1 Å². The van der Waals surface area contributed by atoms with Gasteiger partial charge in [-0.2, -0.15) is 4.68 Å². The molecule has 1 fully saturated rings. The Balaban J connectivity index is 1.40. The van der Waals surface area contributed by atoms with Crippen molar-refractivity contribution in [1.29, 1.82) is 0 Å². The number of likely N-dealkylation sites (tertiary alicyclic amines) is 1. The zero-order chi connectivity index (χ0) is 20.2. The molecule has 8 nitrogen and oxygen atoms in total. The molecular formula is C21H23N5O3. The predicted octanol–water partition coefficient (Wildman–Crippen LogP) is 1.91. The van der Waals surface area contributed by atoms with Gasteiger partial charge in [-0.15, -0.1) is 5.10 Å². The second kappa shape index (κ2) is 8.30. The molecule has 0 radical (unpaired) electrons. The van der Waals surface area contributed by atoms with Gasteiger partial charge >= 0.3 is 5.69 Å². The summed E-state index contributed by atoms with van der Waals surface area (Å²) in [7, 11) is 1.60. The second-order valence-corrected chi connectivity index (χ2v) is 7.08. The van der Waals surface area contributed by atoms with Gasteiger partial charge in [0.05, 0.1) is 19.2 Å². The van der Waals surface area contributed by atoms with E-state index in [1.165, 1.54) is 4.68 Å². The molecule has 1 saturated heterocycles. The van der Waals surface area contributed by atoms with Gasteiger partial charge in [0.25, 0.3) is 0 Å². The van der Waals surface area contributed by atoms with Gasteiger partial charge in [-0.25, -0.2) is 4.79 Å². The highest BCUT2D eigenvalue weighted by atomic mass is 16.5. The fraction of sp³-hybridized carbons (Fsp3) is 0.333. The molecule has 1 amide bonds. The molecule has 0 saturated carbocycles. The van der Waals surface area contributed by atoms with E-state index in [0.29, 0.717) is 31.0 Å². The molecule has 0 bridgehead atoms. The van der Waals surface area contributed by atoms with Crippen molar-refractivity contribution in [3.63, 3.8) is 0 Å². The molecule has 0 unspecified atom stereocenters. The van der Waals surface area contributed by atoms with Crippen molar-refractivity contribution in [1.82, 2.24) is 24.6 Å². The summed E-state index contributed by atoms with van der Waals surface area (Å²) in [4.78, 5) is 33.8. The monoisotopic (exact) mass is 393 g/mol. The van der Waals surface area contributed by atoms with Crippen molar-refractivity contribution in [2.24, 2.45) is 0 Å². The predicted molar refractivity (Wildman–Crippen MR) is 107 cm³/mol. The zero-order valence-corrected chi connectivity index (χ0v) is 16.2. The first kappa shape index (κ1) is 18.9. The molecule has 2 aromatic heterocycles. The van der Waals surface area contributed by atoms with Crippen molar-refractivity contribution >= 4 is 5.91 Å². The summed E-state index contributed by atoms with van der Waals surface area (Å²) in [6.45, 7) is 1.29. The second-order valence-electron chi connectivity index (χ2n) is 7.08. The van der Waals surface area contributed by atoms with Crippen LogP contribution < -0.4 is 10.4 Å². The molecule has 0 atom stereocenters. The van der Waals surface area contributed by atoms with Gasteiger partial charge in [-0.3, -0.25) is 14.8 Å². The summed E-state index contributed by atoms with van der Waals surface area (Å²) in [5.74, 6) is 1.60. The molecule has 0 aliphatic carbocycles. The minimum Gasteiger partial charge on any atom is -0.497 e. The normalized spacial score (nSPS) is 14.7. The molecule has 1 N–H and O–H groups in total. The third-order valence-electron chi connectivity index (χ3n) is 5.24. The molecular weight excluding hydrogens is 370 g/mol. The van der Waals surface area contributed by atoms with Gasteiger partial charge in [0.15, 0.2) is 0 Å². The number of hydrogen-bond donors (Lipinski definition) is 1. The lowest BCUT2D eigenvalue weighted by Gasteiger charge is -2.31. The standard InChI is InChI=1S/C21H23N5O3/c1-29-18-7-5-17(6-8-18)26-21(28)23-20(24-26)15-9-12-25(13-10-15)19(27)14-16-4-2-3-11-22-16/h2-8,11,15H,9-10,12-14H2,1H3,(H,23,24,28). The lowest BCUT2D eigenvalue weighted by atomic mass is 9.96. The maximum absolute atomic E-state index is 12.5. The maximum atomic E-state index is 12.5. The summed E-state index contributed by atoms with van der Waals surface area (Å²) in [5.41, 5.74) is 1.20. The van der Waals surface area contributed by atoms with E-state index in [4.69, 9.17) is 4.74 Å². The van der Waals surface area contributed by atoms with Gasteiger partial charge in [0.1, 0.15) is 11.6 Å². The van der Waals surface area contributed by atoms with E-state index in [2.05, 4.69) is 15.1 Å². The fourth-order valence-corrected chi connectivity index (χ4v) is 3.59. The van der Waals surface area contributed by atoms with E-state index in [1.807, 2.05) is 23.1 Å². The quantitative estimate of drug-likeness (QED) is 0.715. The number of carbonyl (C=O) groups is 1. The number of carbonyl (C=O) groups excluding carboxylic acids is 1.